The van der Waals surface area contributed by atoms with Crippen molar-refractivity contribution in [3.63, 3.8) is 0 Å². The Bertz CT molecular complexity index is 538. The van der Waals surface area contributed by atoms with Crippen molar-refractivity contribution < 1.29 is 38.8 Å². The van der Waals surface area contributed by atoms with Gasteiger partial charge in [-0.1, -0.05) is 0 Å². The summed E-state index contributed by atoms with van der Waals surface area (Å²) in [6, 6.07) is 9.51. The molecule has 2 N–H and O–H groups in total. The van der Waals surface area contributed by atoms with Crippen molar-refractivity contribution in [2.45, 2.75) is 32.6 Å². The third-order valence-electron chi connectivity index (χ3n) is 2.65. The molecule has 3 nitrogen and oxygen atoms in total. The predicted molar refractivity (Wildman–Crippen MR) is 79.9 cm³/mol. The fraction of sp³-hybridized carbons (Fsp3) is 0.375. The van der Waals surface area contributed by atoms with E-state index < -0.39 is 5.92 Å². The van der Waals surface area contributed by atoms with E-state index in [0.717, 1.165) is 0 Å². The van der Waals surface area contributed by atoms with E-state index in [1.807, 2.05) is 0 Å². The largest absolute Gasteiger partial charge is 0.512 e. The van der Waals surface area contributed by atoms with Gasteiger partial charge in [-0.3, -0.25) is 4.79 Å². The molecule has 0 amide bonds. The van der Waals surface area contributed by atoms with E-state index in [1.165, 1.54) is 19.9 Å². The predicted octanol–water partition coefficient (Wildman–Crippen LogP) is 3.72. The van der Waals surface area contributed by atoms with Gasteiger partial charge in [-0.15, -0.1) is 35.9 Å². The van der Waals surface area contributed by atoms with E-state index in [1.54, 1.807) is 24.3 Å². The van der Waals surface area contributed by atoms with Crippen LogP contribution in [0.4, 0.5) is 8.78 Å². The number of hydrogen-bond acceptors (Lipinski definition) is 2. The average Bonchev–Trinajstić information content (AvgIpc) is 2.38. The maximum Gasteiger partial charge on any atom is 0.316 e. The monoisotopic (exact) mass is 488 g/mol. The van der Waals surface area contributed by atoms with Crippen LogP contribution in [0.25, 0.3) is 0 Å². The number of rotatable bonds is 2. The number of allylic oxidation sites excluding steroid dienone is 2. The number of aliphatic hydroxyl groups excluding tert-OH is 1. The molecular formula is C16H19F2IrNO2. The van der Waals surface area contributed by atoms with Crippen LogP contribution >= 0.6 is 0 Å². The molecule has 0 saturated heterocycles. The molecule has 1 aliphatic heterocycles. The zero-order valence-electron chi connectivity index (χ0n) is 12.4. The van der Waals surface area contributed by atoms with Crippen molar-refractivity contribution in [3.8, 4) is 0 Å². The molecule has 1 heterocycles. The summed E-state index contributed by atoms with van der Waals surface area (Å²) in [5.41, 5.74) is 0.307. The Hall–Kier alpha value is -1.39. The number of nitrogens with zero attached hydrogens (tertiary/aromatic N) is 1. The molecule has 2 rings (SSSR count). The third kappa shape index (κ3) is 7.05. The molecule has 0 aromatic heterocycles. The summed E-state index contributed by atoms with van der Waals surface area (Å²) >= 11 is 0. The molecule has 1 aliphatic rings. The molecule has 0 spiro atoms. The standard InChI is InChI=1S/C11H10F2N.C5H8O2.Ir/c12-11(13)7-4-8-14-10(11)9-5-2-1-3-6-9;1-4(6)3-5(2)7;/h1-3,5H,4,7-8H2;3,6H,1-2H3;/q-1;;/p+1/b;4-3-;. The third-order valence-corrected chi connectivity index (χ3v) is 2.65. The van der Waals surface area contributed by atoms with E-state index in [0.29, 0.717) is 18.5 Å². The molecular weight excluding hydrogens is 468 g/mol. The van der Waals surface area contributed by atoms with Gasteiger partial charge in [-0.2, -0.15) is 0 Å². The van der Waals surface area contributed by atoms with Crippen LogP contribution in [-0.4, -0.2) is 33.9 Å². The first-order valence-corrected chi connectivity index (χ1v) is 6.62. The second-order valence-electron chi connectivity index (χ2n) is 4.74. The molecule has 22 heavy (non-hydrogen) atoms. The Balaban J connectivity index is 0.000000478. The molecule has 6 heteroatoms. The fourth-order valence-electron chi connectivity index (χ4n) is 1.85. The number of hydrogen-bond donors (Lipinski definition) is 1. The van der Waals surface area contributed by atoms with Crippen LogP contribution in [-0.2, 0) is 20.1 Å². The Kier molecular flexibility index (Phi) is 8.98. The Morgan fingerprint density at radius 1 is 1.41 bits per heavy atom. The van der Waals surface area contributed by atoms with Crippen molar-refractivity contribution >= 4 is 11.5 Å². The maximum atomic E-state index is 13.4. The van der Waals surface area contributed by atoms with Crippen LogP contribution in [0, 0.1) is 6.07 Å². The quantitative estimate of drug-likeness (QED) is 0.294. The zero-order chi connectivity index (χ0) is 15.9. The van der Waals surface area contributed by atoms with Crippen LogP contribution < -0.4 is 0 Å². The Morgan fingerprint density at radius 2 is 2.09 bits per heavy atom. The maximum absolute atomic E-state index is 13.4. The van der Waals surface area contributed by atoms with Gasteiger partial charge in [-0.05, 0) is 13.3 Å². The first kappa shape index (κ1) is 20.6. The van der Waals surface area contributed by atoms with E-state index in [4.69, 9.17) is 9.90 Å². The number of aliphatic hydroxyl groups is 1. The van der Waals surface area contributed by atoms with Crippen molar-refractivity contribution in [2.24, 2.45) is 4.99 Å². The number of benzene rings is 1. The molecule has 1 radical (unpaired) electrons. The van der Waals surface area contributed by atoms with E-state index in [9.17, 15) is 8.78 Å². The second kappa shape index (κ2) is 9.59. The summed E-state index contributed by atoms with van der Waals surface area (Å²) in [5, 5.41) is 8.40. The Labute approximate surface area is 142 Å². The number of aliphatic imine (C=N–C) groups is 1. The minimum Gasteiger partial charge on any atom is -0.512 e. The summed E-state index contributed by atoms with van der Waals surface area (Å²) in [6.07, 6.45) is 1.64. The molecule has 0 bridgehead atoms. The molecule has 0 atom stereocenters. The van der Waals surface area contributed by atoms with Crippen LogP contribution in [0.2, 0.25) is 0 Å². The molecule has 1 aromatic rings. The number of carbonyl (C=O) groups excluding carboxylic acids is 1. The van der Waals surface area contributed by atoms with Gasteiger partial charge in [0.25, 0.3) is 5.92 Å². The van der Waals surface area contributed by atoms with E-state index >= 15 is 0 Å². The average molecular weight is 488 g/mol. The normalized spacial score (nSPS) is 16.5. The van der Waals surface area contributed by atoms with Crippen molar-refractivity contribution in [1.29, 1.82) is 0 Å². The number of alkyl halides is 2. The van der Waals surface area contributed by atoms with Crippen molar-refractivity contribution in [2.75, 3.05) is 6.54 Å². The minimum atomic E-state index is -2.78. The molecule has 0 saturated carbocycles. The first-order valence-electron chi connectivity index (χ1n) is 6.62. The molecule has 1 aromatic carbocycles. The summed E-state index contributed by atoms with van der Waals surface area (Å²) in [6.45, 7) is 3.49. The van der Waals surface area contributed by atoms with Crippen LogP contribution in [0.5, 0.6) is 0 Å². The fourth-order valence-corrected chi connectivity index (χ4v) is 1.85. The van der Waals surface area contributed by atoms with Gasteiger partial charge in [0.05, 0.1) is 18.8 Å². The van der Waals surface area contributed by atoms with Crippen LogP contribution in [0.3, 0.4) is 0 Å². The van der Waals surface area contributed by atoms with Gasteiger partial charge >= 0.3 is 5.78 Å². The summed E-state index contributed by atoms with van der Waals surface area (Å²) in [5.74, 6) is -2.53. The van der Waals surface area contributed by atoms with Crippen molar-refractivity contribution in [3.05, 3.63) is 47.7 Å². The van der Waals surface area contributed by atoms with E-state index in [-0.39, 0.29) is 43.8 Å². The van der Waals surface area contributed by atoms with Crippen LogP contribution in [0.15, 0.2) is 41.1 Å². The smallest absolute Gasteiger partial charge is 0.316 e. The minimum absolute atomic E-state index is 0. The van der Waals surface area contributed by atoms with Gasteiger partial charge in [0.15, 0.2) is 0 Å². The van der Waals surface area contributed by atoms with Gasteiger partial charge in [0.1, 0.15) is 0 Å². The number of halogens is 2. The van der Waals surface area contributed by atoms with Gasteiger partial charge < -0.3 is 10.1 Å². The summed E-state index contributed by atoms with van der Waals surface area (Å²) < 4.78 is 26.8. The Morgan fingerprint density at radius 3 is 2.50 bits per heavy atom. The van der Waals surface area contributed by atoms with Crippen molar-refractivity contribution in [1.82, 2.24) is 0 Å². The summed E-state index contributed by atoms with van der Waals surface area (Å²) in [7, 11) is 0. The second-order valence-corrected chi connectivity index (χ2v) is 4.74. The topological polar surface area (TPSA) is 54.0 Å². The number of ketones is 1. The van der Waals surface area contributed by atoms with Gasteiger partial charge in [0, 0.05) is 38.8 Å². The van der Waals surface area contributed by atoms with Gasteiger partial charge in [0.2, 0.25) is 0 Å². The zero-order valence-corrected chi connectivity index (χ0v) is 14.8. The molecule has 123 valence electrons. The molecule has 0 aliphatic carbocycles. The molecule has 0 fully saturated rings. The van der Waals surface area contributed by atoms with Gasteiger partial charge in [-0.25, -0.2) is 8.78 Å². The SMILES string of the molecule is CC(=[OH+])/C=C(/C)O.FC1(F)CCCN=C1c1[c-]cccc1.[Ir]. The summed E-state index contributed by atoms with van der Waals surface area (Å²) in [4.78, 5) is 12.3. The first-order chi connectivity index (χ1) is 9.83. The van der Waals surface area contributed by atoms with Crippen LogP contribution in [0.1, 0.15) is 32.3 Å². The van der Waals surface area contributed by atoms with E-state index in [2.05, 4.69) is 11.1 Å². The molecule has 0 unspecified atom stereocenters.